The minimum absolute atomic E-state index is 0.0525. The number of ether oxygens (including phenoxy) is 3. The van der Waals surface area contributed by atoms with Gasteiger partial charge in [0.15, 0.2) is 11.5 Å². The van der Waals surface area contributed by atoms with Crippen molar-refractivity contribution in [1.82, 2.24) is 5.32 Å². The fourth-order valence-corrected chi connectivity index (χ4v) is 2.86. The third kappa shape index (κ3) is 2.82. The van der Waals surface area contributed by atoms with Crippen LogP contribution in [0.5, 0.6) is 11.5 Å². The fourth-order valence-electron chi connectivity index (χ4n) is 2.59. The van der Waals surface area contributed by atoms with Crippen LogP contribution in [0.3, 0.4) is 0 Å². The molecule has 2 aliphatic heterocycles. The molecule has 0 spiro atoms. The molecule has 2 N–H and O–H groups in total. The summed E-state index contributed by atoms with van der Waals surface area (Å²) in [4.78, 5) is 23.4. The van der Waals surface area contributed by atoms with E-state index < -0.39 is 17.4 Å². The van der Waals surface area contributed by atoms with Crippen molar-refractivity contribution in [2.75, 3.05) is 20.0 Å². The van der Waals surface area contributed by atoms with Crippen molar-refractivity contribution in [3.8, 4) is 11.5 Å². The zero-order chi connectivity index (χ0) is 15.7. The molecule has 2 aliphatic rings. The van der Waals surface area contributed by atoms with Crippen LogP contribution in [-0.4, -0.2) is 42.5 Å². The van der Waals surface area contributed by atoms with Gasteiger partial charge in [-0.1, -0.05) is 11.6 Å². The highest BCUT2D eigenvalue weighted by molar-refractivity contribution is 6.32. The summed E-state index contributed by atoms with van der Waals surface area (Å²) in [5, 5.41) is 12.1. The van der Waals surface area contributed by atoms with Crippen LogP contribution in [0.25, 0.3) is 0 Å². The predicted octanol–water partition coefficient (Wildman–Crippen LogP) is 1.43. The maximum absolute atomic E-state index is 12.4. The predicted molar refractivity (Wildman–Crippen MR) is 75.5 cm³/mol. The first-order valence-corrected chi connectivity index (χ1v) is 7.08. The maximum Gasteiger partial charge on any atom is 0.305 e. The number of hydrogen-bond donors (Lipinski definition) is 2. The number of amides is 1. The van der Waals surface area contributed by atoms with Gasteiger partial charge in [0.25, 0.3) is 5.91 Å². The smallest absolute Gasteiger partial charge is 0.305 e. The number of rotatable bonds is 4. The lowest BCUT2D eigenvalue weighted by molar-refractivity contribution is -0.138. The van der Waals surface area contributed by atoms with Crippen molar-refractivity contribution in [1.29, 1.82) is 0 Å². The van der Waals surface area contributed by atoms with Crippen LogP contribution in [0.1, 0.15) is 23.2 Å². The molecule has 22 heavy (non-hydrogen) atoms. The third-order valence-electron chi connectivity index (χ3n) is 3.66. The SMILES string of the molecule is O=C(O)CC1(NC(=O)c2cc(Cl)c3c(c2)OCO3)CCOC1. The molecule has 1 fully saturated rings. The molecule has 1 amide bonds. The Morgan fingerprint density at radius 1 is 1.36 bits per heavy atom. The largest absolute Gasteiger partial charge is 0.481 e. The van der Waals surface area contributed by atoms with Gasteiger partial charge in [-0.25, -0.2) is 0 Å². The zero-order valence-corrected chi connectivity index (χ0v) is 12.3. The van der Waals surface area contributed by atoms with Gasteiger partial charge in [-0.2, -0.15) is 0 Å². The van der Waals surface area contributed by atoms with E-state index in [1.54, 1.807) is 0 Å². The monoisotopic (exact) mass is 327 g/mol. The molecule has 1 unspecified atom stereocenters. The number of benzene rings is 1. The summed E-state index contributed by atoms with van der Waals surface area (Å²) in [5.41, 5.74) is -0.614. The van der Waals surface area contributed by atoms with E-state index in [2.05, 4.69) is 5.32 Å². The number of carbonyl (C=O) groups excluding carboxylic acids is 1. The maximum atomic E-state index is 12.4. The van der Waals surface area contributed by atoms with Gasteiger partial charge in [0.1, 0.15) is 0 Å². The summed E-state index contributed by atoms with van der Waals surface area (Å²) in [7, 11) is 0. The normalized spacial score (nSPS) is 22.6. The number of carboxylic acids is 1. The lowest BCUT2D eigenvalue weighted by Crippen LogP contribution is -2.50. The number of carbonyl (C=O) groups is 2. The van der Waals surface area contributed by atoms with Crippen LogP contribution in [0.4, 0.5) is 0 Å². The highest BCUT2D eigenvalue weighted by Crippen LogP contribution is 2.40. The van der Waals surface area contributed by atoms with E-state index in [0.29, 0.717) is 24.5 Å². The van der Waals surface area contributed by atoms with Gasteiger partial charge < -0.3 is 24.6 Å². The second-order valence-electron chi connectivity index (χ2n) is 5.30. The van der Waals surface area contributed by atoms with Crippen molar-refractivity contribution in [3.05, 3.63) is 22.7 Å². The van der Waals surface area contributed by atoms with E-state index in [-0.39, 0.29) is 30.4 Å². The lowest BCUT2D eigenvalue weighted by atomic mass is 9.93. The zero-order valence-electron chi connectivity index (χ0n) is 11.6. The second-order valence-corrected chi connectivity index (χ2v) is 5.71. The van der Waals surface area contributed by atoms with Crippen LogP contribution in [0.15, 0.2) is 12.1 Å². The number of hydrogen-bond acceptors (Lipinski definition) is 5. The van der Waals surface area contributed by atoms with Crippen molar-refractivity contribution in [3.63, 3.8) is 0 Å². The number of halogens is 1. The molecule has 0 aliphatic carbocycles. The molecule has 0 radical (unpaired) electrons. The summed E-state index contributed by atoms with van der Waals surface area (Å²) in [6, 6.07) is 2.99. The Bertz CT molecular complexity index is 626. The molecule has 0 bridgehead atoms. The number of carboxylic acid groups (broad SMARTS) is 1. The Morgan fingerprint density at radius 2 is 2.18 bits per heavy atom. The Labute approximate surface area is 131 Å². The first kappa shape index (κ1) is 14.9. The van der Waals surface area contributed by atoms with Crippen LogP contribution in [0, 0.1) is 0 Å². The molecule has 1 saturated heterocycles. The van der Waals surface area contributed by atoms with Gasteiger partial charge in [0.2, 0.25) is 6.79 Å². The lowest BCUT2D eigenvalue weighted by Gasteiger charge is -2.27. The quantitative estimate of drug-likeness (QED) is 0.869. The van der Waals surface area contributed by atoms with Crippen molar-refractivity contribution in [2.24, 2.45) is 0 Å². The molecule has 0 aromatic heterocycles. The Hall–Kier alpha value is -1.99. The third-order valence-corrected chi connectivity index (χ3v) is 3.94. The van der Waals surface area contributed by atoms with Crippen LogP contribution in [0.2, 0.25) is 5.02 Å². The van der Waals surface area contributed by atoms with E-state index in [0.717, 1.165) is 0 Å². The van der Waals surface area contributed by atoms with E-state index in [9.17, 15) is 9.59 Å². The minimum Gasteiger partial charge on any atom is -0.481 e. The summed E-state index contributed by atoms with van der Waals surface area (Å²) in [5.74, 6) is -0.614. The van der Waals surface area contributed by atoms with Gasteiger partial charge in [-0.05, 0) is 18.6 Å². The molecule has 1 atom stereocenters. The summed E-state index contributed by atoms with van der Waals surface area (Å²) in [6.45, 7) is 0.635. The van der Waals surface area contributed by atoms with Gasteiger partial charge in [0.05, 0.1) is 23.6 Å². The van der Waals surface area contributed by atoms with Crippen LogP contribution in [-0.2, 0) is 9.53 Å². The molecular weight excluding hydrogens is 314 g/mol. The standard InChI is InChI=1S/C14H14ClNO6/c15-9-3-8(4-10-12(9)22-7-21-10)13(19)16-14(5-11(17)18)1-2-20-6-14/h3-4H,1-2,5-7H2,(H,16,19)(H,17,18). The van der Waals surface area contributed by atoms with E-state index >= 15 is 0 Å². The molecule has 1 aromatic carbocycles. The molecule has 3 rings (SSSR count). The van der Waals surface area contributed by atoms with Gasteiger partial charge in [0, 0.05) is 12.2 Å². The topological polar surface area (TPSA) is 94.1 Å². The first-order valence-electron chi connectivity index (χ1n) is 6.70. The summed E-state index contributed by atoms with van der Waals surface area (Å²) in [6.07, 6.45) is 0.250. The fraction of sp³-hybridized carbons (Fsp3) is 0.429. The van der Waals surface area contributed by atoms with Gasteiger partial charge in [-0.3, -0.25) is 9.59 Å². The Morgan fingerprint density at radius 3 is 2.86 bits per heavy atom. The highest BCUT2D eigenvalue weighted by Gasteiger charge is 2.39. The average Bonchev–Trinajstić information content (AvgIpc) is 3.07. The van der Waals surface area contributed by atoms with Crippen LogP contribution < -0.4 is 14.8 Å². The molecule has 1 aromatic rings. The van der Waals surface area contributed by atoms with E-state index in [4.69, 9.17) is 30.9 Å². The molecule has 118 valence electrons. The van der Waals surface area contributed by atoms with Crippen molar-refractivity contribution in [2.45, 2.75) is 18.4 Å². The minimum atomic E-state index is -0.991. The van der Waals surface area contributed by atoms with E-state index in [1.165, 1.54) is 12.1 Å². The first-order chi connectivity index (χ1) is 10.5. The van der Waals surface area contributed by atoms with E-state index in [1.807, 2.05) is 0 Å². The molecule has 8 heteroatoms. The number of fused-ring (bicyclic) bond motifs is 1. The Balaban J connectivity index is 1.82. The Kier molecular flexibility index (Phi) is 3.84. The second kappa shape index (κ2) is 5.66. The van der Waals surface area contributed by atoms with Crippen LogP contribution >= 0.6 is 11.6 Å². The number of nitrogens with one attached hydrogen (secondary N) is 1. The van der Waals surface area contributed by atoms with Crippen molar-refractivity contribution >= 4 is 23.5 Å². The van der Waals surface area contributed by atoms with Gasteiger partial charge >= 0.3 is 5.97 Å². The van der Waals surface area contributed by atoms with Crippen molar-refractivity contribution < 1.29 is 28.9 Å². The highest BCUT2D eigenvalue weighted by atomic mass is 35.5. The van der Waals surface area contributed by atoms with Gasteiger partial charge in [-0.15, -0.1) is 0 Å². The summed E-state index contributed by atoms with van der Waals surface area (Å²) >= 11 is 6.05. The molecule has 7 nitrogen and oxygen atoms in total. The molecule has 2 heterocycles. The average molecular weight is 328 g/mol. The number of aliphatic carboxylic acids is 1. The summed E-state index contributed by atoms with van der Waals surface area (Å²) < 4.78 is 15.7. The molecule has 0 saturated carbocycles. The molecular formula is C14H14ClNO6.